The molecule has 0 bridgehead atoms. The lowest BCUT2D eigenvalue weighted by molar-refractivity contribution is -0.00189. The summed E-state index contributed by atoms with van der Waals surface area (Å²) in [5, 5.41) is 0. The van der Waals surface area contributed by atoms with Gasteiger partial charge in [0.2, 0.25) is 0 Å². The zero-order valence-corrected chi connectivity index (χ0v) is 12.5. The van der Waals surface area contributed by atoms with Crippen LogP contribution < -0.4 is 0 Å². The third-order valence-electron chi connectivity index (χ3n) is 4.24. The van der Waals surface area contributed by atoms with Crippen LogP contribution in [-0.2, 0) is 11.2 Å². The predicted molar refractivity (Wildman–Crippen MR) is 81.7 cm³/mol. The van der Waals surface area contributed by atoms with E-state index in [-0.39, 0.29) is 0 Å². The Hall–Kier alpha value is -0.820. The first-order valence-electron chi connectivity index (χ1n) is 8.04. The first-order chi connectivity index (χ1) is 9.33. The number of benzene rings is 1. The average Bonchev–Trinajstić information content (AvgIpc) is 2.47. The molecule has 1 aliphatic rings. The molecule has 1 heteroatoms. The van der Waals surface area contributed by atoms with Gasteiger partial charge in [0.15, 0.2) is 0 Å². The van der Waals surface area contributed by atoms with Gasteiger partial charge in [-0.05, 0) is 36.8 Å². The molecule has 1 fully saturated rings. The smallest absolute Gasteiger partial charge is 0.0575 e. The molecular formula is C18H28O. The van der Waals surface area contributed by atoms with Crippen LogP contribution in [0, 0.1) is 0 Å². The van der Waals surface area contributed by atoms with E-state index in [1.54, 1.807) is 0 Å². The summed E-state index contributed by atoms with van der Waals surface area (Å²) in [5.41, 5.74) is 2.93. The largest absolute Gasteiger partial charge is 0.378 e. The fraction of sp³-hybridized carbons (Fsp3) is 0.667. The third-order valence-corrected chi connectivity index (χ3v) is 4.24. The van der Waals surface area contributed by atoms with Crippen LogP contribution in [0.25, 0.3) is 0 Å². The summed E-state index contributed by atoms with van der Waals surface area (Å²) in [6.45, 7) is 5.41. The molecule has 0 aliphatic carbocycles. The molecule has 2 atom stereocenters. The van der Waals surface area contributed by atoms with Crippen molar-refractivity contribution in [3.63, 3.8) is 0 Å². The van der Waals surface area contributed by atoms with Crippen molar-refractivity contribution in [1.82, 2.24) is 0 Å². The number of unbranched alkanes of at least 4 members (excludes halogenated alkanes) is 1. The van der Waals surface area contributed by atoms with Crippen molar-refractivity contribution in [3.05, 3.63) is 35.4 Å². The van der Waals surface area contributed by atoms with Crippen molar-refractivity contribution in [2.45, 2.75) is 70.8 Å². The normalized spacial score (nSPS) is 23.5. The van der Waals surface area contributed by atoms with E-state index >= 15 is 0 Å². The molecule has 0 aromatic heterocycles. The van der Waals surface area contributed by atoms with Crippen LogP contribution in [0.5, 0.6) is 0 Å². The zero-order chi connectivity index (χ0) is 13.5. The maximum absolute atomic E-state index is 6.02. The van der Waals surface area contributed by atoms with Crippen LogP contribution in [0.3, 0.4) is 0 Å². The van der Waals surface area contributed by atoms with Crippen molar-refractivity contribution in [3.8, 4) is 0 Å². The van der Waals surface area contributed by atoms with E-state index in [0.717, 1.165) is 6.61 Å². The maximum Gasteiger partial charge on any atom is 0.0575 e. The lowest BCUT2D eigenvalue weighted by Crippen LogP contribution is -2.24. The Morgan fingerprint density at radius 3 is 2.42 bits per heavy atom. The van der Waals surface area contributed by atoms with Gasteiger partial charge in [-0.15, -0.1) is 0 Å². The van der Waals surface area contributed by atoms with Crippen LogP contribution >= 0.6 is 0 Å². The van der Waals surface area contributed by atoms with Crippen LogP contribution in [-0.4, -0.2) is 12.7 Å². The van der Waals surface area contributed by atoms with Gasteiger partial charge in [0, 0.05) is 5.92 Å². The second-order valence-electron chi connectivity index (χ2n) is 5.86. The Labute approximate surface area is 118 Å². The topological polar surface area (TPSA) is 9.23 Å². The highest BCUT2D eigenvalue weighted by molar-refractivity contribution is 5.25. The fourth-order valence-corrected chi connectivity index (χ4v) is 2.97. The predicted octanol–water partition coefficient (Wildman–Crippen LogP) is 5.09. The molecule has 1 aromatic carbocycles. The number of aryl methyl sites for hydroxylation is 1. The molecule has 2 rings (SSSR count). The van der Waals surface area contributed by atoms with Gasteiger partial charge >= 0.3 is 0 Å². The van der Waals surface area contributed by atoms with Gasteiger partial charge < -0.3 is 4.74 Å². The Morgan fingerprint density at radius 1 is 1.05 bits per heavy atom. The lowest BCUT2D eigenvalue weighted by atomic mass is 9.89. The molecule has 1 nitrogen and oxygen atoms in total. The van der Waals surface area contributed by atoms with Crippen molar-refractivity contribution < 1.29 is 4.74 Å². The molecule has 0 spiro atoms. The van der Waals surface area contributed by atoms with Gasteiger partial charge in [-0.25, -0.2) is 0 Å². The Bertz CT molecular complexity index is 346. The van der Waals surface area contributed by atoms with Gasteiger partial charge in [0.25, 0.3) is 0 Å². The van der Waals surface area contributed by atoms with E-state index < -0.39 is 0 Å². The molecular weight excluding hydrogens is 232 g/mol. The van der Waals surface area contributed by atoms with Crippen molar-refractivity contribution in [2.24, 2.45) is 0 Å². The summed E-state index contributed by atoms with van der Waals surface area (Å²) in [5.74, 6) is 0.619. The minimum absolute atomic E-state index is 0.524. The summed E-state index contributed by atoms with van der Waals surface area (Å²) in [4.78, 5) is 0. The van der Waals surface area contributed by atoms with E-state index in [9.17, 15) is 0 Å². The van der Waals surface area contributed by atoms with Crippen molar-refractivity contribution in [1.29, 1.82) is 0 Å². The molecule has 106 valence electrons. The first kappa shape index (κ1) is 14.6. The van der Waals surface area contributed by atoms with Crippen molar-refractivity contribution >= 4 is 0 Å². The van der Waals surface area contributed by atoms with Crippen LogP contribution in [0.2, 0.25) is 0 Å². The quantitative estimate of drug-likeness (QED) is 0.692. The highest BCUT2D eigenvalue weighted by atomic mass is 16.5. The molecule has 0 radical (unpaired) electrons. The maximum atomic E-state index is 6.02. The second kappa shape index (κ2) is 7.69. The molecule has 1 saturated heterocycles. The average molecular weight is 260 g/mol. The monoisotopic (exact) mass is 260 g/mol. The molecule has 19 heavy (non-hydrogen) atoms. The molecule has 0 saturated carbocycles. The third kappa shape index (κ3) is 4.35. The van der Waals surface area contributed by atoms with Crippen LogP contribution in [0.15, 0.2) is 24.3 Å². The summed E-state index contributed by atoms with van der Waals surface area (Å²) in [6.07, 6.45) is 9.31. The minimum atomic E-state index is 0.524. The summed E-state index contributed by atoms with van der Waals surface area (Å²) in [7, 11) is 0. The van der Waals surface area contributed by atoms with E-state index in [2.05, 4.69) is 38.1 Å². The molecule has 0 N–H and O–H groups in total. The molecule has 1 heterocycles. The lowest BCUT2D eigenvalue weighted by Gasteiger charge is -2.29. The second-order valence-corrected chi connectivity index (χ2v) is 5.86. The van der Waals surface area contributed by atoms with Gasteiger partial charge in [-0.1, -0.05) is 57.4 Å². The molecule has 0 amide bonds. The Kier molecular flexibility index (Phi) is 5.91. The van der Waals surface area contributed by atoms with E-state index in [4.69, 9.17) is 4.74 Å². The highest BCUT2D eigenvalue weighted by Gasteiger charge is 2.22. The molecule has 2 unspecified atom stereocenters. The van der Waals surface area contributed by atoms with Gasteiger partial charge in [-0.3, -0.25) is 0 Å². The number of ether oxygens (including phenoxy) is 1. The van der Waals surface area contributed by atoms with Crippen molar-refractivity contribution in [2.75, 3.05) is 6.61 Å². The Balaban J connectivity index is 1.83. The number of hydrogen-bond donors (Lipinski definition) is 0. The summed E-state index contributed by atoms with van der Waals surface area (Å²) in [6, 6.07) is 9.21. The molecule has 1 aromatic rings. The summed E-state index contributed by atoms with van der Waals surface area (Å²) >= 11 is 0. The first-order valence-corrected chi connectivity index (χ1v) is 8.04. The minimum Gasteiger partial charge on any atom is -0.378 e. The number of hydrogen-bond acceptors (Lipinski definition) is 1. The van der Waals surface area contributed by atoms with Gasteiger partial charge in [0.1, 0.15) is 0 Å². The molecule has 1 aliphatic heterocycles. The van der Waals surface area contributed by atoms with Crippen LogP contribution in [0.4, 0.5) is 0 Å². The van der Waals surface area contributed by atoms with E-state index in [1.165, 1.54) is 56.1 Å². The standard InChI is InChI=1S/C18H28O/c1-3-5-7-18-13-12-17(14-19-18)16-10-8-15(6-4-2)9-11-16/h8-11,17-18H,3-7,12-14H2,1-2H3. The Morgan fingerprint density at radius 2 is 1.84 bits per heavy atom. The zero-order valence-electron chi connectivity index (χ0n) is 12.5. The van der Waals surface area contributed by atoms with Gasteiger partial charge in [0.05, 0.1) is 12.7 Å². The summed E-state index contributed by atoms with van der Waals surface area (Å²) < 4.78 is 6.02. The highest BCUT2D eigenvalue weighted by Crippen LogP contribution is 2.30. The SMILES string of the molecule is CCCCC1CCC(c2ccc(CCC)cc2)CO1. The van der Waals surface area contributed by atoms with E-state index in [0.29, 0.717) is 12.0 Å². The van der Waals surface area contributed by atoms with Gasteiger partial charge in [-0.2, -0.15) is 0 Å². The number of rotatable bonds is 6. The fourth-order valence-electron chi connectivity index (χ4n) is 2.97. The van der Waals surface area contributed by atoms with E-state index in [1.807, 2.05) is 0 Å². The van der Waals surface area contributed by atoms with Crippen LogP contribution in [0.1, 0.15) is 69.4 Å².